The predicted molar refractivity (Wildman–Crippen MR) is 76.7 cm³/mol. The van der Waals surface area contributed by atoms with Gasteiger partial charge in [-0.1, -0.05) is 6.92 Å². The zero-order valence-electron chi connectivity index (χ0n) is 12.6. The Hall–Kier alpha value is -1.53. The number of halogens is 3. The lowest BCUT2D eigenvalue weighted by Crippen LogP contribution is -2.39. The van der Waals surface area contributed by atoms with E-state index in [0.717, 1.165) is 17.2 Å². The maximum absolute atomic E-state index is 12.7. The third-order valence-electron chi connectivity index (χ3n) is 3.98. The number of anilines is 2. The molecule has 0 unspecified atom stereocenters. The topological polar surface area (TPSA) is 41.1 Å². The van der Waals surface area contributed by atoms with Crippen LogP contribution in [0, 0.1) is 12.8 Å². The Balaban J connectivity index is 2.20. The number of piperidine rings is 1. The largest absolute Gasteiger partial charge is 0.391 e. The number of hydrogen-bond donors (Lipinski definition) is 1. The Kier molecular flexibility index (Phi) is 4.58. The number of alkyl halides is 3. The van der Waals surface area contributed by atoms with E-state index in [2.05, 4.69) is 15.3 Å². The Bertz CT molecular complexity index is 494. The number of nitrogens with zero attached hydrogens (tertiary/aromatic N) is 3. The molecule has 2 rings (SSSR count). The van der Waals surface area contributed by atoms with Crippen LogP contribution in [-0.2, 0) is 6.42 Å². The third-order valence-corrected chi connectivity index (χ3v) is 3.98. The highest BCUT2D eigenvalue weighted by Crippen LogP contribution is 2.36. The minimum absolute atomic E-state index is 0.128. The fourth-order valence-corrected chi connectivity index (χ4v) is 2.68. The van der Waals surface area contributed by atoms with Crippen LogP contribution < -0.4 is 10.2 Å². The lowest BCUT2D eigenvalue weighted by atomic mass is 9.96. The molecule has 0 aromatic carbocycles. The van der Waals surface area contributed by atoms with E-state index in [1.54, 1.807) is 7.05 Å². The van der Waals surface area contributed by atoms with Gasteiger partial charge >= 0.3 is 6.18 Å². The average Bonchev–Trinajstić information content (AvgIpc) is 2.47. The highest BCUT2D eigenvalue weighted by molar-refractivity contribution is 5.58. The summed E-state index contributed by atoms with van der Waals surface area (Å²) in [6.45, 7) is 4.63. The first-order valence-electron chi connectivity index (χ1n) is 7.23. The van der Waals surface area contributed by atoms with Crippen molar-refractivity contribution in [1.82, 2.24) is 9.97 Å². The SMILES string of the molecule is CCc1nc(NC)c(C)c(N2CCC(C(F)(F)F)CC2)n1. The van der Waals surface area contributed by atoms with Crippen molar-refractivity contribution in [2.24, 2.45) is 5.92 Å². The zero-order valence-corrected chi connectivity index (χ0v) is 12.6. The first kappa shape index (κ1) is 15.9. The van der Waals surface area contributed by atoms with Crippen molar-refractivity contribution >= 4 is 11.6 Å². The standard InChI is InChI=1S/C14H21F3N4/c1-4-11-19-12(18-3)9(2)13(20-11)21-7-5-10(6-8-21)14(15,16)17/h10H,4-8H2,1-3H3,(H,18,19,20). The van der Waals surface area contributed by atoms with Gasteiger partial charge < -0.3 is 10.2 Å². The molecular weight excluding hydrogens is 281 g/mol. The first-order valence-corrected chi connectivity index (χ1v) is 7.23. The first-order chi connectivity index (χ1) is 9.86. The van der Waals surface area contributed by atoms with E-state index in [-0.39, 0.29) is 12.8 Å². The lowest BCUT2D eigenvalue weighted by Gasteiger charge is -2.34. The minimum Gasteiger partial charge on any atom is -0.373 e. The third kappa shape index (κ3) is 3.39. The molecule has 4 nitrogen and oxygen atoms in total. The summed E-state index contributed by atoms with van der Waals surface area (Å²) in [5.41, 5.74) is 0.889. The predicted octanol–water partition coefficient (Wildman–Crippen LogP) is 3.17. The van der Waals surface area contributed by atoms with Gasteiger partial charge in [-0.3, -0.25) is 0 Å². The molecule has 1 aliphatic rings. The van der Waals surface area contributed by atoms with Crippen molar-refractivity contribution in [2.45, 2.75) is 39.3 Å². The summed E-state index contributed by atoms with van der Waals surface area (Å²) in [5, 5.41) is 3.02. The molecule has 2 heterocycles. The van der Waals surface area contributed by atoms with E-state index in [1.165, 1.54) is 0 Å². The van der Waals surface area contributed by atoms with E-state index in [0.29, 0.717) is 25.3 Å². The van der Waals surface area contributed by atoms with Gasteiger partial charge in [-0.2, -0.15) is 13.2 Å². The van der Waals surface area contributed by atoms with Gasteiger partial charge in [0.15, 0.2) is 0 Å². The lowest BCUT2D eigenvalue weighted by molar-refractivity contribution is -0.179. The van der Waals surface area contributed by atoms with Crippen LogP contribution in [-0.4, -0.2) is 36.3 Å². The summed E-state index contributed by atoms with van der Waals surface area (Å²) in [5.74, 6) is 1.02. The van der Waals surface area contributed by atoms with Gasteiger partial charge in [0.1, 0.15) is 17.5 Å². The normalized spacial score (nSPS) is 17.1. The van der Waals surface area contributed by atoms with E-state index < -0.39 is 12.1 Å². The molecule has 0 radical (unpaired) electrons. The smallest absolute Gasteiger partial charge is 0.373 e. The Morgan fingerprint density at radius 3 is 2.33 bits per heavy atom. The number of rotatable bonds is 3. The summed E-state index contributed by atoms with van der Waals surface area (Å²) >= 11 is 0. The quantitative estimate of drug-likeness (QED) is 0.931. The molecule has 7 heteroatoms. The van der Waals surface area contributed by atoms with Gasteiger partial charge in [0.05, 0.1) is 5.92 Å². The van der Waals surface area contributed by atoms with E-state index in [9.17, 15) is 13.2 Å². The molecule has 1 saturated heterocycles. The Morgan fingerprint density at radius 1 is 1.24 bits per heavy atom. The second kappa shape index (κ2) is 6.07. The van der Waals surface area contributed by atoms with E-state index in [1.807, 2.05) is 18.7 Å². The molecule has 1 fully saturated rings. The molecule has 0 amide bonds. The van der Waals surface area contributed by atoms with Gasteiger partial charge in [-0.05, 0) is 19.8 Å². The molecule has 1 N–H and O–H groups in total. The van der Waals surface area contributed by atoms with Crippen molar-refractivity contribution in [2.75, 3.05) is 30.4 Å². The van der Waals surface area contributed by atoms with Gasteiger partial charge in [0.25, 0.3) is 0 Å². The van der Waals surface area contributed by atoms with Crippen molar-refractivity contribution in [3.63, 3.8) is 0 Å². The molecule has 1 aliphatic heterocycles. The molecule has 21 heavy (non-hydrogen) atoms. The van der Waals surface area contributed by atoms with Crippen molar-refractivity contribution in [3.8, 4) is 0 Å². The summed E-state index contributed by atoms with van der Waals surface area (Å²) in [7, 11) is 1.79. The zero-order chi connectivity index (χ0) is 15.6. The molecule has 0 atom stereocenters. The van der Waals surface area contributed by atoms with E-state index >= 15 is 0 Å². The van der Waals surface area contributed by atoms with Crippen LogP contribution in [0.4, 0.5) is 24.8 Å². The molecule has 0 saturated carbocycles. The maximum atomic E-state index is 12.7. The Labute approximate surface area is 122 Å². The number of hydrogen-bond acceptors (Lipinski definition) is 4. The molecule has 118 valence electrons. The van der Waals surface area contributed by atoms with Crippen LogP contribution in [0.15, 0.2) is 0 Å². The van der Waals surface area contributed by atoms with Crippen LogP contribution in [0.5, 0.6) is 0 Å². The summed E-state index contributed by atoms with van der Waals surface area (Å²) in [6, 6.07) is 0. The molecular formula is C14H21F3N4. The average molecular weight is 302 g/mol. The summed E-state index contributed by atoms with van der Waals surface area (Å²) in [4.78, 5) is 10.8. The fourth-order valence-electron chi connectivity index (χ4n) is 2.68. The second-order valence-electron chi connectivity index (χ2n) is 5.34. The highest BCUT2D eigenvalue weighted by atomic mass is 19.4. The number of nitrogens with one attached hydrogen (secondary N) is 1. The molecule has 0 bridgehead atoms. The van der Waals surface area contributed by atoms with Crippen LogP contribution in [0.3, 0.4) is 0 Å². The number of aromatic nitrogens is 2. The van der Waals surface area contributed by atoms with Crippen LogP contribution in [0.1, 0.15) is 31.2 Å². The van der Waals surface area contributed by atoms with Gasteiger partial charge in [-0.25, -0.2) is 9.97 Å². The molecule has 0 aliphatic carbocycles. The van der Waals surface area contributed by atoms with Gasteiger partial charge in [0, 0.05) is 32.1 Å². The maximum Gasteiger partial charge on any atom is 0.391 e. The monoisotopic (exact) mass is 302 g/mol. The minimum atomic E-state index is -4.09. The van der Waals surface area contributed by atoms with Gasteiger partial charge in [-0.15, -0.1) is 0 Å². The molecule has 1 aromatic heterocycles. The van der Waals surface area contributed by atoms with Crippen molar-refractivity contribution in [1.29, 1.82) is 0 Å². The highest BCUT2D eigenvalue weighted by Gasteiger charge is 2.41. The van der Waals surface area contributed by atoms with E-state index in [4.69, 9.17) is 0 Å². The molecule has 0 spiro atoms. The van der Waals surface area contributed by atoms with Crippen LogP contribution >= 0.6 is 0 Å². The van der Waals surface area contributed by atoms with Crippen molar-refractivity contribution < 1.29 is 13.2 Å². The van der Waals surface area contributed by atoms with Crippen LogP contribution in [0.25, 0.3) is 0 Å². The molecule has 1 aromatic rings. The van der Waals surface area contributed by atoms with Crippen molar-refractivity contribution in [3.05, 3.63) is 11.4 Å². The fraction of sp³-hybridized carbons (Fsp3) is 0.714. The Morgan fingerprint density at radius 2 is 1.86 bits per heavy atom. The van der Waals surface area contributed by atoms with Crippen LogP contribution in [0.2, 0.25) is 0 Å². The second-order valence-corrected chi connectivity index (χ2v) is 5.34. The summed E-state index contributed by atoms with van der Waals surface area (Å²) in [6.07, 6.45) is -3.13. The van der Waals surface area contributed by atoms with Gasteiger partial charge in [0.2, 0.25) is 0 Å². The summed E-state index contributed by atoms with van der Waals surface area (Å²) < 4.78 is 38.2. The number of aryl methyl sites for hydroxylation is 1.